The van der Waals surface area contributed by atoms with Crippen LogP contribution in [0.15, 0.2) is 12.2 Å². The lowest BCUT2D eigenvalue weighted by Gasteiger charge is -2.11. The van der Waals surface area contributed by atoms with Crippen molar-refractivity contribution in [3.63, 3.8) is 0 Å². The Hall–Kier alpha value is -0.830. The number of allylic oxidation sites excluding steroid dienone is 1. The smallest absolute Gasteiger partial charge is 0.322 e. The van der Waals surface area contributed by atoms with Crippen LogP contribution in [-0.2, 0) is 9.53 Å². The number of esters is 1. The number of nitrogens with one attached hydrogen (secondary N) is 1. The molecular formula is C10H19NO2. The van der Waals surface area contributed by atoms with Crippen molar-refractivity contribution in [1.82, 2.24) is 5.32 Å². The van der Waals surface area contributed by atoms with Crippen molar-refractivity contribution in [3.05, 3.63) is 12.2 Å². The van der Waals surface area contributed by atoms with E-state index in [9.17, 15) is 4.79 Å². The standard InChI is InChI=1S/C10H19NO2/c1-4-6-7-8-11-9(3)10(12)13-5-2/h4,6,9,11H,5,7-8H2,1-3H3/b6-4+. The van der Waals surface area contributed by atoms with Crippen molar-refractivity contribution in [2.75, 3.05) is 13.2 Å². The van der Waals surface area contributed by atoms with Crippen LogP contribution in [0.3, 0.4) is 0 Å². The SMILES string of the molecule is C/C=C/CCNC(C)C(=O)OCC. The van der Waals surface area contributed by atoms with Crippen molar-refractivity contribution < 1.29 is 9.53 Å². The molecule has 0 aliphatic heterocycles. The van der Waals surface area contributed by atoms with Crippen molar-refractivity contribution in [3.8, 4) is 0 Å². The van der Waals surface area contributed by atoms with Crippen LogP contribution in [0.4, 0.5) is 0 Å². The fourth-order valence-electron chi connectivity index (χ4n) is 0.900. The molecule has 0 aliphatic carbocycles. The van der Waals surface area contributed by atoms with Gasteiger partial charge in [0.1, 0.15) is 6.04 Å². The zero-order valence-electron chi connectivity index (χ0n) is 8.67. The first-order valence-electron chi connectivity index (χ1n) is 4.73. The molecule has 0 rings (SSSR count). The van der Waals surface area contributed by atoms with Crippen LogP contribution in [0.25, 0.3) is 0 Å². The van der Waals surface area contributed by atoms with Gasteiger partial charge < -0.3 is 10.1 Å². The third kappa shape index (κ3) is 6.34. The summed E-state index contributed by atoms with van der Waals surface area (Å²) in [5.74, 6) is -0.178. The van der Waals surface area contributed by atoms with Crippen molar-refractivity contribution >= 4 is 5.97 Å². The molecule has 1 N–H and O–H groups in total. The van der Waals surface area contributed by atoms with Crippen LogP contribution >= 0.6 is 0 Å². The molecule has 0 aromatic rings. The molecule has 0 saturated heterocycles. The Morgan fingerprint density at radius 3 is 2.85 bits per heavy atom. The highest BCUT2D eigenvalue weighted by atomic mass is 16.5. The zero-order chi connectivity index (χ0) is 10.1. The van der Waals surface area contributed by atoms with Crippen molar-refractivity contribution in [1.29, 1.82) is 0 Å². The maximum Gasteiger partial charge on any atom is 0.322 e. The molecule has 0 aromatic carbocycles. The van der Waals surface area contributed by atoms with Crippen LogP contribution in [0.2, 0.25) is 0 Å². The molecular weight excluding hydrogens is 166 g/mol. The Labute approximate surface area is 80.2 Å². The summed E-state index contributed by atoms with van der Waals surface area (Å²) in [5, 5.41) is 3.08. The van der Waals surface area contributed by atoms with Crippen LogP contribution in [0, 0.1) is 0 Å². The lowest BCUT2D eigenvalue weighted by atomic mass is 10.3. The molecule has 0 fully saturated rings. The average molecular weight is 185 g/mol. The molecule has 0 heterocycles. The maximum absolute atomic E-state index is 11.1. The number of hydrogen-bond acceptors (Lipinski definition) is 3. The van der Waals surface area contributed by atoms with Gasteiger partial charge in [0, 0.05) is 0 Å². The van der Waals surface area contributed by atoms with Gasteiger partial charge in [-0.25, -0.2) is 0 Å². The fourth-order valence-corrected chi connectivity index (χ4v) is 0.900. The van der Waals surface area contributed by atoms with E-state index in [-0.39, 0.29) is 12.0 Å². The van der Waals surface area contributed by atoms with Gasteiger partial charge in [0.15, 0.2) is 0 Å². The molecule has 3 nitrogen and oxygen atoms in total. The molecule has 1 unspecified atom stereocenters. The maximum atomic E-state index is 11.1. The average Bonchev–Trinajstić information content (AvgIpc) is 2.12. The predicted octanol–water partition coefficient (Wildman–Crippen LogP) is 1.49. The van der Waals surface area contributed by atoms with E-state index in [2.05, 4.69) is 11.4 Å². The fraction of sp³-hybridized carbons (Fsp3) is 0.700. The number of carbonyl (C=O) groups is 1. The summed E-state index contributed by atoms with van der Waals surface area (Å²) in [4.78, 5) is 11.1. The van der Waals surface area contributed by atoms with Gasteiger partial charge in [-0.2, -0.15) is 0 Å². The summed E-state index contributed by atoms with van der Waals surface area (Å²) in [5.41, 5.74) is 0. The second kappa shape index (κ2) is 7.80. The van der Waals surface area contributed by atoms with Gasteiger partial charge in [-0.15, -0.1) is 0 Å². The van der Waals surface area contributed by atoms with E-state index in [0.717, 1.165) is 13.0 Å². The Balaban J connectivity index is 3.49. The number of ether oxygens (including phenoxy) is 1. The topological polar surface area (TPSA) is 38.3 Å². The Kier molecular flexibility index (Phi) is 7.30. The third-order valence-corrected chi connectivity index (χ3v) is 1.64. The summed E-state index contributed by atoms with van der Waals surface area (Å²) in [7, 11) is 0. The van der Waals surface area contributed by atoms with Crippen molar-refractivity contribution in [2.45, 2.75) is 33.2 Å². The van der Waals surface area contributed by atoms with E-state index >= 15 is 0 Å². The minimum absolute atomic E-state index is 0.178. The van der Waals surface area contributed by atoms with E-state index in [4.69, 9.17) is 4.74 Å². The summed E-state index contributed by atoms with van der Waals surface area (Å²) in [6, 6.07) is -0.204. The third-order valence-electron chi connectivity index (χ3n) is 1.64. The minimum atomic E-state index is -0.204. The molecule has 1 atom stereocenters. The van der Waals surface area contributed by atoms with Crippen LogP contribution in [0.1, 0.15) is 27.2 Å². The monoisotopic (exact) mass is 185 g/mol. The first-order chi connectivity index (χ1) is 6.22. The largest absolute Gasteiger partial charge is 0.465 e. The highest BCUT2D eigenvalue weighted by molar-refractivity contribution is 5.75. The second-order valence-corrected chi connectivity index (χ2v) is 2.79. The van der Waals surface area contributed by atoms with Crippen LogP contribution in [-0.4, -0.2) is 25.2 Å². The second-order valence-electron chi connectivity index (χ2n) is 2.79. The normalized spacial score (nSPS) is 13.2. The van der Waals surface area contributed by atoms with Crippen LogP contribution in [0.5, 0.6) is 0 Å². The lowest BCUT2D eigenvalue weighted by Crippen LogP contribution is -2.35. The molecule has 0 amide bonds. The van der Waals surface area contributed by atoms with E-state index < -0.39 is 0 Å². The first kappa shape index (κ1) is 12.2. The summed E-state index contributed by atoms with van der Waals surface area (Å²) >= 11 is 0. The number of hydrogen-bond donors (Lipinski definition) is 1. The Morgan fingerprint density at radius 2 is 2.31 bits per heavy atom. The first-order valence-corrected chi connectivity index (χ1v) is 4.73. The van der Waals surface area contributed by atoms with E-state index in [1.807, 2.05) is 26.8 Å². The Morgan fingerprint density at radius 1 is 1.62 bits per heavy atom. The number of rotatable bonds is 6. The minimum Gasteiger partial charge on any atom is -0.465 e. The molecule has 0 aromatic heterocycles. The van der Waals surface area contributed by atoms with Gasteiger partial charge in [0.05, 0.1) is 6.61 Å². The Bertz CT molecular complexity index is 166. The van der Waals surface area contributed by atoms with Gasteiger partial charge in [-0.05, 0) is 33.7 Å². The summed E-state index contributed by atoms with van der Waals surface area (Å²) in [6.45, 7) is 6.86. The molecule has 3 heteroatoms. The van der Waals surface area contributed by atoms with Gasteiger partial charge >= 0.3 is 5.97 Å². The molecule has 76 valence electrons. The van der Waals surface area contributed by atoms with Gasteiger partial charge in [0.25, 0.3) is 0 Å². The molecule has 0 bridgehead atoms. The molecule has 0 aliphatic rings. The number of carbonyl (C=O) groups excluding carboxylic acids is 1. The quantitative estimate of drug-likeness (QED) is 0.387. The van der Waals surface area contributed by atoms with E-state index in [0.29, 0.717) is 6.61 Å². The zero-order valence-corrected chi connectivity index (χ0v) is 8.67. The molecule has 0 radical (unpaired) electrons. The van der Waals surface area contributed by atoms with Gasteiger partial charge in [-0.1, -0.05) is 12.2 Å². The summed E-state index contributed by atoms with van der Waals surface area (Å²) in [6.07, 6.45) is 5.00. The highest BCUT2D eigenvalue weighted by Gasteiger charge is 2.11. The van der Waals surface area contributed by atoms with E-state index in [1.165, 1.54) is 0 Å². The molecule has 0 spiro atoms. The van der Waals surface area contributed by atoms with Crippen molar-refractivity contribution in [2.24, 2.45) is 0 Å². The van der Waals surface area contributed by atoms with E-state index in [1.54, 1.807) is 0 Å². The lowest BCUT2D eigenvalue weighted by molar-refractivity contribution is -0.145. The molecule has 0 saturated carbocycles. The highest BCUT2D eigenvalue weighted by Crippen LogP contribution is 1.88. The van der Waals surface area contributed by atoms with Gasteiger partial charge in [-0.3, -0.25) is 4.79 Å². The summed E-state index contributed by atoms with van der Waals surface area (Å²) < 4.78 is 4.84. The molecule has 13 heavy (non-hydrogen) atoms. The van der Waals surface area contributed by atoms with Crippen LogP contribution < -0.4 is 5.32 Å². The predicted molar refractivity (Wildman–Crippen MR) is 53.5 cm³/mol. The van der Waals surface area contributed by atoms with Gasteiger partial charge in [0.2, 0.25) is 0 Å².